The summed E-state index contributed by atoms with van der Waals surface area (Å²) in [6.45, 7) is 1.95. The number of carbonyl (C=O) groups excluding carboxylic acids is 2. The third-order valence-electron chi connectivity index (χ3n) is 4.25. The lowest BCUT2D eigenvalue weighted by molar-refractivity contribution is -0.119. The summed E-state index contributed by atoms with van der Waals surface area (Å²) in [4.78, 5) is 27.1. The molecule has 0 fully saturated rings. The van der Waals surface area contributed by atoms with Gasteiger partial charge in [0.25, 0.3) is 5.91 Å². The standard InChI is InChI=1S/C19H21NO3S2/c1-12-7-8-15-13(9-12)10-17(25-15)19(22)23-11-18(21)20-14-5-3-4-6-16(14)24-2/h3-6,10,12H,7-9,11H2,1-2H3,(H,20,21)/t12-/m1/s1. The van der Waals surface area contributed by atoms with Crippen molar-refractivity contribution < 1.29 is 14.3 Å². The van der Waals surface area contributed by atoms with Crippen LogP contribution < -0.4 is 5.32 Å². The number of nitrogens with one attached hydrogen (secondary N) is 1. The van der Waals surface area contributed by atoms with Crippen LogP contribution in [0.5, 0.6) is 0 Å². The summed E-state index contributed by atoms with van der Waals surface area (Å²) in [7, 11) is 0. The Morgan fingerprint density at radius 2 is 2.16 bits per heavy atom. The minimum absolute atomic E-state index is 0.277. The highest BCUT2D eigenvalue weighted by Crippen LogP contribution is 2.32. The van der Waals surface area contributed by atoms with Crippen molar-refractivity contribution in [1.82, 2.24) is 0 Å². The molecule has 0 radical (unpaired) electrons. The Bertz CT molecular complexity index is 785. The van der Waals surface area contributed by atoms with Crippen LogP contribution >= 0.6 is 23.1 Å². The van der Waals surface area contributed by atoms with Crippen LogP contribution in [0.4, 0.5) is 5.69 Å². The molecule has 0 spiro atoms. The zero-order valence-corrected chi connectivity index (χ0v) is 16.0. The number of carbonyl (C=O) groups is 2. The normalized spacial score (nSPS) is 16.2. The fourth-order valence-corrected chi connectivity index (χ4v) is 4.60. The number of hydrogen-bond donors (Lipinski definition) is 1. The van der Waals surface area contributed by atoms with Gasteiger partial charge in [-0.3, -0.25) is 4.79 Å². The molecule has 1 aromatic carbocycles. The van der Waals surface area contributed by atoms with Crippen LogP contribution in [-0.2, 0) is 22.4 Å². The molecule has 0 bridgehead atoms. The Labute approximate surface area is 156 Å². The molecule has 25 heavy (non-hydrogen) atoms. The molecule has 3 rings (SSSR count). The van der Waals surface area contributed by atoms with E-state index in [4.69, 9.17) is 4.74 Å². The van der Waals surface area contributed by atoms with Crippen molar-refractivity contribution in [2.75, 3.05) is 18.2 Å². The first-order chi connectivity index (χ1) is 12.1. The predicted molar refractivity (Wildman–Crippen MR) is 103 cm³/mol. The van der Waals surface area contributed by atoms with Crippen LogP contribution in [0.2, 0.25) is 0 Å². The van der Waals surface area contributed by atoms with E-state index in [1.54, 1.807) is 11.8 Å². The highest BCUT2D eigenvalue weighted by Gasteiger charge is 2.21. The number of esters is 1. The molecular weight excluding hydrogens is 354 g/mol. The lowest BCUT2D eigenvalue weighted by Gasteiger charge is -2.16. The smallest absolute Gasteiger partial charge is 0.348 e. The van der Waals surface area contributed by atoms with Crippen LogP contribution in [-0.4, -0.2) is 24.7 Å². The molecule has 1 heterocycles. The van der Waals surface area contributed by atoms with E-state index in [0.717, 1.165) is 23.4 Å². The summed E-state index contributed by atoms with van der Waals surface area (Å²) in [5, 5.41) is 2.79. The topological polar surface area (TPSA) is 55.4 Å². The summed E-state index contributed by atoms with van der Waals surface area (Å²) in [6.07, 6.45) is 5.16. The monoisotopic (exact) mass is 375 g/mol. The fourth-order valence-electron chi connectivity index (χ4n) is 2.94. The lowest BCUT2D eigenvalue weighted by Crippen LogP contribution is -2.20. The van der Waals surface area contributed by atoms with Gasteiger partial charge in [0.15, 0.2) is 6.61 Å². The lowest BCUT2D eigenvalue weighted by atomic mass is 9.90. The van der Waals surface area contributed by atoms with Crippen molar-refractivity contribution in [3.63, 3.8) is 0 Å². The van der Waals surface area contributed by atoms with E-state index in [-0.39, 0.29) is 12.5 Å². The molecule has 0 saturated heterocycles. The first-order valence-electron chi connectivity index (χ1n) is 8.28. The molecule has 1 atom stereocenters. The number of aryl methyl sites for hydroxylation is 1. The molecule has 132 valence electrons. The molecule has 1 N–H and O–H groups in total. The largest absolute Gasteiger partial charge is 0.451 e. The number of amides is 1. The number of thiophene rings is 1. The van der Waals surface area contributed by atoms with Gasteiger partial charge in [0.2, 0.25) is 0 Å². The second kappa shape index (κ2) is 8.06. The molecule has 4 nitrogen and oxygen atoms in total. The van der Waals surface area contributed by atoms with Crippen molar-refractivity contribution >= 4 is 40.7 Å². The Kier molecular flexibility index (Phi) is 5.81. The molecule has 1 aliphatic rings. The van der Waals surface area contributed by atoms with Crippen LogP contribution in [0.1, 0.15) is 33.5 Å². The predicted octanol–water partition coefficient (Wildman–Crippen LogP) is 4.39. The number of ether oxygens (including phenoxy) is 1. The van der Waals surface area contributed by atoms with Crippen molar-refractivity contribution in [3.05, 3.63) is 45.6 Å². The first-order valence-corrected chi connectivity index (χ1v) is 10.3. The number of rotatable bonds is 5. The van der Waals surface area contributed by atoms with Crippen LogP contribution in [0.15, 0.2) is 35.2 Å². The third-order valence-corrected chi connectivity index (χ3v) is 6.26. The highest BCUT2D eigenvalue weighted by molar-refractivity contribution is 7.98. The van der Waals surface area contributed by atoms with Gasteiger partial charge in [-0.25, -0.2) is 4.79 Å². The fraction of sp³-hybridized carbons (Fsp3) is 0.368. The van der Waals surface area contributed by atoms with E-state index in [1.807, 2.05) is 36.6 Å². The van der Waals surface area contributed by atoms with Crippen LogP contribution in [0.3, 0.4) is 0 Å². The van der Waals surface area contributed by atoms with Crippen molar-refractivity contribution in [3.8, 4) is 0 Å². The number of anilines is 1. The van der Waals surface area contributed by atoms with Gasteiger partial charge in [-0.15, -0.1) is 23.1 Å². The maximum Gasteiger partial charge on any atom is 0.348 e. The molecule has 0 saturated carbocycles. The zero-order chi connectivity index (χ0) is 17.8. The molecule has 2 aromatic rings. The molecule has 1 amide bonds. The minimum Gasteiger partial charge on any atom is -0.451 e. The first kappa shape index (κ1) is 18.0. The van der Waals surface area contributed by atoms with Gasteiger partial charge < -0.3 is 10.1 Å². The van der Waals surface area contributed by atoms with Crippen molar-refractivity contribution in [1.29, 1.82) is 0 Å². The quantitative estimate of drug-likeness (QED) is 0.622. The summed E-state index contributed by atoms with van der Waals surface area (Å²) in [5.41, 5.74) is 1.99. The molecule has 1 aliphatic carbocycles. The van der Waals surface area contributed by atoms with E-state index < -0.39 is 5.97 Å². The number of para-hydroxylation sites is 1. The average molecular weight is 376 g/mol. The van der Waals surface area contributed by atoms with Gasteiger partial charge in [-0.05, 0) is 55.2 Å². The summed E-state index contributed by atoms with van der Waals surface area (Å²) in [5.74, 6) is -0.0848. The second-order valence-corrected chi connectivity index (χ2v) is 8.22. The van der Waals surface area contributed by atoms with Crippen molar-refractivity contribution in [2.24, 2.45) is 5.92 Å². The minimum atomic E-state index is -0.416. The Hall–Kier alpha value is -1.79. The van der Waals surface area contributed by atoms with Gasteiger partial charge in [0.05, 0.1) is 5.69 Å². The molecule has 0 unspecified atom stereocenters. The van der Waals surface area contributed by atoms with Gasteiger partial charge in [-0.1, -0.05) is 19.1 Å². The van der Waals surface area contributed by atoms with Gasteiger partial charge >= 0.3 is 5.97 Å². The van der Waals surface area contributed by atoms with E-state index in [0.29, 0.717) is 10.8 Å². The molecular formula is C19H21NO3S2. The molecule has 6 heteroatoms. The van der Waals surface area contributed by atoms with Crippen molar-refractivity contribution in [2.45, 2.75) is 31.1 Å². The molecule has 0 aliphatic heterocycles. The highest BCUT2D eigenvalue weighted by atomic mass is 32.2. The number of fused-ring (bicyclic) bond motifs is 1. The second-order valence-electron chi connectivity index (χ2n) is 6.23. The van der Waals surface area contributed by atoms with Crippen LogP contribution in [0, 0.1) is 5.92 Å². The number of benzene rings is 1. The Balaban J connectivity index is 1.56. The van der Waals surface area contributed by atoms with E-state index in [9.17, 15) is 9.59 Å². The number of hydrogen-bond acceptors (Lipinski definition) is 5. The maximum atomic E-state index is 12.2. The number of thioether (sulfide) groups is 1. The summed E-state index contributed by atoms with van der Waals surface area (Å²) in [6, 6.07) is 9.47. The Morgan fingerprint density at radius 3 is 2.96 bits per heavy atom. The third kappa shape index (κ3) is 4.44. The van der Waals surface area contributed by atoms with Gasteiger partial charge in [-0.2, -0.15) is 0 Å². The van der Waals surface area contributed by atoms with E-state index in [1.165, 1.54) is 28.2 Å². The van der Waals surface area contributed by atoms with Crippen LogP contribution in [0.25, 0.3) is 0 Å². The molecule has 1 aromatic heterocycles. The van der Waals surface area contributed by atoms with Gasteiger partial charge in [0, 0.05) is 9.77 Å². The zero-order valence-electron chi connectivity index (χ0n) is 14.3. The van der Waals surface area contributed by atoms with E-state index >= 15 is 0 Å². The summed E-state index contributed by atoms with van der Waals surface area (Å²) >= 11 is 3.05. The average Bonchev–Trinajstić information content (AvgIpc) is 3.03. The Morgan fingerprint density at radius 1 is 1.36 bits per heavy atom. The van der Waals surface area contributed by atoms with Gasteiger partial charge in [0.1, 0.15) is 4.88 Å². The summed E-state index contributed by atoms with van der Waals surface area (Å²) < 4.78 is 5.19. The van der Waals surface area contributed by atoms with E-state index in [2.05, 4.69) is 12.2 Å². The maximum absolute atomic E-state index is 12.2. The SMILES string of the molecule is CSc1ccccc1NC(=O)COC(=O)c1cc2c(s1)CC[C@@H](C)C2.